The molecule has 0 aromatic heterocycles. The zero-order chi connectivity index (χ0) is 11.6. The fraction of sp³-hybridized carbons (Fsp3) is 0.833. The third-order valence-electron chi connectivity index (χ3n) is 1.48. The number of hydrogen-bond donors (Lipinski definition) is 1. The Morgan fingerprint density at radius 3 is 1.93 bits per heavy atom. The molecule has 0 spiro atoms. The van der Waals surface area contributed by atoms with E-state index in [-0.39, 0.29) is 0 Å². The van der Waals surface area contributed by atoms with Crippen molar-refractivity contribution in [2.24, 2.45) is 5.41 Å². The first kappa shape index (κ1) is 16.4. The Bertz CT molecular complexity index is 134. The van der Waals surface area contributed by atoms with Crippen LogP contribution in [0.5, 0.6) is 0 Å². The first-order valence-corrected chi connectivity index (χ1v) is 6.47. The van der Waals surface area contributed by atoms with Crippen LogP contribution >= 0.6 is 15.9 Å². The molecule has 86 valence electrons. The second-order valence-corrected chi connectivity index (χ2v) is 5.35. The van der Waals surface area contributed by atoms with E-state index < -0.39 is 0 Å². The van der Waals surface area contributed by atoms with Gasteiger partial charge in [0.25, 0.3) is 0 Å². The van der Waals surface area contributed by atoms with E-state index in [0.717, 1.165) is 24.0 Å². The smallest absolute Gasteiger partial charge is 0.0192 e. The fourth-order valence-corrected chi connectivity index (χ4v) is 0.515. The minimum atomic E-state index is 0.359. The molecule has 0 fully saturated rings. The lowest BCUT2D eigenvalue weighted by Gasteiger charge is -2.20. The molecule has 0 bridgehead atoms. The number of alkyl halides is 1. The zero-order valence-corrected chi connectivity index (χ0v) is 12.0. The lowest BCUT2D eigenvalue weighted by atomic mass is 9.97. The number of halogens is 1. The van der Waals surface area contributed by atoms with Crippen LogP contribution < -0.4 is 5.32 Å². The van der Waals surface area contributed by atoms with Gasteiger partial charge in [-0.3, -0.25) is 0 Å². The fourth-order valence-electron chi connectivity index (χ4n) is 0.515. The lowest BCUT2D eigenvalue weighted by molar-refractivity contribution is 0.395. The predicted octanol–water partition coefficient (Wildman–Crippen LogP) is 4.34. The number of hydrogen-bond acceptors (Lipinski definition) is 1. The van der Waals surface area contributed by atoms with Gasteiger partial charge in [0.05, 0.1) is 0 Å². The average molecular weight is 264 g/mol. The molecule has 0 aliphatic heterocycles. The Kier molecular flexibility index (Phi) is 11.2. The Balaban J connectivity index is 0. The van der Waals surface area contributed by atoms with E-state index in [1.807, 2.05) is 0 Å². The highest BCUT2D eigenvalue weighted by atomic mass is 79.9. The quantitative estimate of drug-likeness (QED) is 0.745. The molecule has 0 amide bonds. The van der Waals surface area contributed by atoms with Gasteiger partial charge in [0.2, 0.25) is 0 Å². The van der Waals surface area contributed by atoms with Crippen LogP contribution in [-0.2, 0) is 0 Å². The first-order chi connectivity index (χ1) is 6.37. The lowest BCUT2D eigenvalue weighted by Crippen LogP contribution is -2.25. The minimum Gasteiger partial charge on any atom is -0.388 e. The van der Waals surface area contributed by atoms with Crippen LogP contribution in [0.1, 0.15) is 47.5 Å². The van der Waals surface area contributed by atoms with E-state index in [9.17, 15) is 0 Å². The van der Waals surface area contributed by atoms with Crippen LogP contribution in [0, 0.1) is 5.41 Å². The van der Waals surface area contributed by atoms with Crippen LogP contribution in [0.3, 0.4) is 0 Å². The third kappa shape index (κ3) is 17.9. The minimum absolute atomic E-state index is 0.359. The van der Waals surface area contributed by atoms with Gasteiger partial charge in [-0.15, -0.1) is 0 Å². The summed E-state index contributed by atoms with van der Waals surface area (Å²) in [4.78, 5) is 0. The van der Waals surface area contributed by atoms with E-state index in [4.69, 9.17) is 0 Å². The highest BCUT2D eigenvalue weighted by molar-refractivity contribution is 9.09. The topological polar surface area (TPSA) is 12.0 Å². The maximum atomic E-state index is 3.87. The molecular weight excluding hydrogens is 238 g/mol. The standard InChI is InChI=1S/C9H19N.C3H7Br/c1-6-8(2)10-7-9(3,4)5;1-2-3-4/h10H,2,6-7H2,1,3-5H3;2-3H2,1H3. The molecule has 0 aromatic rings. The molecule has 0 saturated carbocycles. The van der Waals surface area contributed by atoms with Crippen molar-refractivity contribution in [1.82, 2.24) is 5.32 Å². The molecule has 14 heavy (non-hydrogen) atoms. The second-order valence-electron chi connectivity index (χ2n) is 4.56. The van der Waals surface area contributed by atoms with E-state index >= 15 is 0 Å². The molecule has 0 unspecified atom stereocenters. The summed E-state index contributed by atoms with van der Waals surface area (Å²) in [6.07, 6.45) is 2.26. The van der Waals surface area contributed by atoms with Gasteiger partial charge in [-0.05, 0) is 18.3 Å². The van der Waals surface area contributed by atoms with Gasteiger partial charge in [-0.25, -0.2) is 0 Å². The Morgan fingerprint density at radius 1 is 1.29 bits per heavy atom. The number of allylic oxidation sites excluding steroid dienone is 1. The predicted molar refractivity (Wildman–Crippen MR) is 71.0 cm³/mol. The van der Waals surface area contributed by atoms with E-state index in [1.54, 1.807) is 0 Å². The van der Waals surface area contributed by atoms with Crippen LogP contribution in [0.15, 0.2) is 12.3 Å². The summed E-state index contributed by atoms with van der Waals surface area (Å²) in [5, 5.41) is 4.41. The summed E-state index contributed by atoms with van der Waals surface area (Å²) in [7, 11) is 0. The Morgan fingerprint density at radius 2 is 1.71 bits per heavy atom. The van der Waals surface area contributed by atoms with Crippen molar-refractivity contribution in [3.8, 4) is 0 Å². The summed E-state index contributed by atoms with van der Waals surface area (Å²) >= 11 is 3.25. The molecule has 0 heterocycles. The van der Waals surface area contributed by atoms with Crippen LogP contribution in [0.25, 0.3) is 0 Å². The van der Waals surface area contributed by atoms with Crippen molar-refractivity contribution >= 4 is 15.9 Å². The van der Waals surface area contributed by atoms with Gasteiger partial charge in [0.15, 0.2) is 0 Å². The SMILES string of the molecule is C=C(CC)NCC(C)(C)C.CCCBr. The number of nitrogens with one attached hydrogen (secondary N) is 1. The molecule has 0 atom stereocenters. The van der Waals surface area contributed by atoms with Crippen molar-refractivity contribution in [3.05, 3.63) is 12.3 Å². The molecular formula is C12H26BrN. The molecule has 1 N–H and O–H groups in total. The summed E-state index contributed by atoms with van der Waals surface area (Å²) in [6, 6.07) is 0. The summed E-state index contributed by atoms with van der Waals surface area (Å²) in [5.41, 5.74) is 1.49. The van der Waals surface area contributed by atoms with Crippen LogP contribution in [0.2, 0.25) is 0 Å². The van der Waals surface area contributed by atoms with E-state index in [0.29, 0.717) is 5.41 Å². The van der Waals surface area contributed by atoms with Crippen molar-refractivity contribution < 1.29 is 0 Å². The van der Waals surface area contributed by atoms with Gasteiger partial charge in [0.1, 0.15) is 0 Å². The molecule has 1 nitrogen and oxygen atoms in total. The molecule has 2 heteroatoms. The van der Waals surface area contributed by atoms with Gasteiger partial charge < -0.3 is 5.32 Å². The average Bonchev–Trinajstić information content (AvgIpc) is 2.13. The van der Waals surface area contributed by atoms with Gasteiger partial charge >= 0.3 is 0 Å². The summed E-state index contributed by atoms with van der Waals surface area (Å²) in [5.74, 6) is 0. The second kappa shape index (κ2) is 9.57. The van der Waals surface area contributed by atoms with Gasteiger partial charge in [-0.1, -0.05) is 57.1 Å². The van der Waals surface area contributed by atoms with Gasteiger partial charge in [-0.2, -0.15) is 0 Å². The van der Waals surface area contributed by atoms with Crippen molar-refractivity contribution in [3.63, 3.8) is 0 Å². The highest BCUT2D eigenvalue weighted by Gasteiger charge is 2.08. The summed E-state index contributed by atoms with van der Waals surface area (Å²) < 4.78 is 0. The van der Waals surface area contributed by atoms with Gasteiger partial charge in [0, 0.05) is 17.6 Å². The maximum Gasteiger partial charge on any atom is 0.0192 e. The summed E-state index contributed by atoms with van der Waals surface area (Å²) in [6.45, 7) is 15.8. The van der Waals surface area contributed by atoms with Crippen molar-refractivity contribution in [1.29, 1.82) is 0 Å². The molecule has 0 radical (unpaired) electrons. The largest absolute Gasteiger partial charge is 0.388 e. The first-order valence-electron chi connectivity index (χ1n) is 5.35. The molecule has 0 aromatic carbocycles. The van der Waals surface area contributed by atoms with Crippen LogP contribution in [-0.4, -0.2) is 11.9 Å². The Hall–Kier alpha value is 0.0200. The van der Waals surface area contributed by atoms with Crippen molar-refractivity contribution in [2.45, 2.75) is 47.5 Å². The number of rotatable bonds is 4. The normalized spacial score (nSPS) is 10.1. The molecule has 0 aliphatic carbocycles. The molecule has 0 rings (SSSR count). The molecule has 0 saturated heterocycles. The van der Waals surface area contributed by atoms with Crippen LogP contribution in [0.4, 0.5) is 0 Å². The third-order valence-corrected chi connectivity index (χ3v) is 2.28. The van der Waals surface area contributed by atoms with Crippen molar-refractivity contribution in [2.75, 3.05) is 11.9 Å². The molecule has 0 aliphatic rings. The zero-order valence-electron chi connectivity index (χ0n) is 10.4. The maximum absolute atomic E-state index is 3.87. The van der Waals surface area contributed by atoms with E-state index in [1.165, 1.54) is 6.42 Å². The monoisotopic (exact) mass is 263 g/mol. The van der Waals surface area contributed by atoms with E-state index in [2.05, 4.69) is 62.4 Å². The highest BCUT2D eigenvalue weighted by Crippen LogP contribution is 2.11. The Labute approximate surface area is 98.5 Å².